The fourth-order valence-corrected chi connectivity index (χ4v) is 8.85. The number of carbonyl (C=O) groups excluding carboxylic acids is 2. The lowest BCUT2D eigenvalue weighted by Crippen LogP contribution is -2.19. The summed E-state index contributed by atoms with van der Waals surface area (Å²) in [6, 6.07) is 53.3. The van der Waals surface area contributed by atoms with E-state index in [0.29, 0.717) is 67.4 Å². The van der Waals surface area contributed by atoms with Crippen LogP contribution < -0.4 is 21.3 Å². The number of aromatic amines is 2. The van der Waals surface area contributed by atoms with E-state index in [-0.39, 0.29) is 0 Å². The Morgan fingerprint density at radius 2 is 0.686 bits per heavy atom. The van der Waals surface area contributed by atoms with Crippen molar-refractivity contribution in [1.29, 1.82) is 0 Å². The molecule has 0 spiro atoms. The largest absolute Gasteiger partial charge is 0.354 e. The second kappa shape index (κ2) is 18.5. The van der Waals surface area contributed by atoms with Gasteiger partial charge in [0.15, 0.2) is 0 Å². The second-order valence-corrected chi connectivity index (χ2v) is 16.5. The summed E-state index contributed by atoms with van der Waals surface area (Å²) in [6.45, 7) is 0. The Bertz CT molecular complexity index is 3480. The number of aromatic nitrogens is 4. The van der Waals surface area contributed by atoms with Gasteiger partial charge in [-0.15, -0.1) is 0 Å². The van der Waals surface area contributed by atoms with E-state index in [1.54, 1.807) is 0 Å². The highest BCUT2D eigenvalue weighted by atomic mass is 19.1. The molecule has 2 aliphatic heterocycles. The Morgan fingerprint density at radius 3 is 1.07 bits per heavy atom. The molecule has 4 amide bonds. The van der Waals surface area contributed by atoms with Crippen molar-refractivity contribution in [2.45, 2.75) is 0 Å². The number of nitrogens with zero attached hydrogens (tertiary/aromatic N) is 2. The quantitative estimate of drug-likeness (QED) is 0.0903. The molecule has 10 nitrogen and oxygen atoms in total. The number of hydrogen-bond donors (Lipinski definition) is 6. The molecule has 2 aliphatic rings. The lowest BCUT2D eigenvalue weighted by molar-refractivity contribution is 0.261. The van der Waals surface area contributed by atoms with Crippen LogP contribution in [-0.2, 0) is 0 Å². The van der Waals surface area contributed by atoms with E-state index in [1.807, 2.05) is 133 Å². The van der Waals surface area contributed by atoms with Crippen LogP contribution in [0.2, 0.25) is 0 Å². The number of hydrogen-bond acceptors (Lipinski definition) is 4. The van der Waals surface area contributed by atoms with Gasteiger partial charge in [0.05, 0.1) is 34.2 Å². The van der Waals surface area contributed by atoms with E-state index >= 15 is 0 Å². The molecule has 12 heteroatoms. The molecule has 0 atom stereocenters. The Hall–Kier alpha value is -9.68. The minimum absolute atomic E-state index is 0.415. The number of H-pyrrole nitrogens is 2. The first-order chi connectivity index (χ1) is 34.3. The molecule has 0 saturated heterocycles. The van der Waals surface area contributed by atoms with Crippen LogP contribution in [0.4, 0.5) is 41.1 Å². The maximum Gasteiger partial charge on any atom is 0.323 e. The van der Waals surface area contributed by atoms with Crippen molar-refractivity contribution in [3.05, 3.63) is 216 Å². The summed E-state index contributed by atoms with van der Waals surface area (Å²) in [4.78, 5) is 45.5. The topological polar surface area (TPSA) is 140 Å². The van der Waals surface area contributed by atoms with Gasteiger partial charge in [0.2, 0.25) is 0 Å². The van der Waals surface area contributed by atoms with Gasteiger partial charge >= 0.3 is 12.1 Å². The molecule has 0 aliphatic carbocycles. The van der Waals surface area contributed by atoms with Crippen molar-refractivity contribution in [3.63, 3.8) is 0 Å². The summed E-state index contributed by atoms with van der Waals surface area (Å²) in [6.07, 6.45) is 7.95. The lowest BCUT2D eigenvalue weighted by Gasteiger charge is -2.14. The Morgan fingerprint density at radius 1 is 0.357 bits per heavy atom. The van der Waals surface area contributed by atoms with E-state index in [1.165, 1.54) is 48.5 Å². The monoisotopic (exact) mass is 918 g/mol. The highest BCUT2D eigenvalue weighted by Crippen LogP contribution is 2.41. The number of rotatable bonds is 8. The predicted molar refractivity (Wildman–Crippen MR) is 279 cm³/mol. The normalized spacial score (nSPS) is 11.6. The summed E-state index contributed by atoms with van der Waals surface area (Å²) in [7, 11) is 0. The average Bonchev–Trinajstić information content (AvgIpc) is 4.23. The third-order valence-corrected chi connectivity index (χ3v) is 12.0. The summed E-state index contributed by atoms with van der Waals surface area (Å²) < 4.78 is 27.5. The number of fused-ring (bicyclic) bond motifs is 8. The molecule has 338 valence electrons. The van der Waals surface area contributed by atoms with E-state index in [4.69, 9.17) is 9.97 Å². The number of nitrogens with one attached hydrogen (secondary N) is 6. The average molecular weight is 919 g/mol. The predicted octanol–water partition coefficient (Wildman–Crippen LogP) is 14.9. The minimum atomic E-state index is -0.522. The van der Waals surface area contributed by atoms with Crippen LogP contribution in [0.5, 0.6) is 0 Å². The van der Waals surface area contributed by atoms with E-state index in [2.05, 4.69) is 55.5 Å². The first-order valence-corrected chi connectivity index (χ1v) is 22.4. The molecule has 3 aromatic heterocycles. The van der Waals surface area contributed by atoms with Crippen molar-refractivity contribution in [2.24, 2.45) is 0 Å². The molecule has 0 unspecified atom stereocenters. The lowest BCUT2D eigenvalue weighted by atomic mass is 10.0. The van der Waals surface area contributed by atoms with Gasteiger partial charge in [0, 0.05) is 66.8 Å². The van der Waals surface area contributed by atoms with Crippen molar-refractivity contribution in [1.82, 2.24) is 19.9 Å². The van der Waals surface area contributed by atoms with Crippen molar-refractivity contribution >= 4 is 81.2 Å². The van der Waals surface area contributed by atoms with Crippen LogP contribution in [-0.4, -0.2) is 32.0 Å². The number of anilines is 4. The summed E-state index contributed by atoms with van der Waals surface area (Å²) in [5, 5.41) is 11.7. The van der Waals surface area contributed by atoms with Crippen LogP contribution >= 0.6 is 0 Å². The Balaban J connectivity index is 1.18. The molecule has 0 fully saturated rings. The number of carbonyl (C=O) groups is 2. The Kier molecular flexibility index (Phi) is 11.4. The fraction of sp³-hybridized carbons (Fsp3) is 0. The number of amides is 4. The molecule has 70 heavy (non-hydrogen) atoms. The molecular weight excluding hydrogens is 879 g/mol. The third-order valence-electron chi connectivity index (χ3n) is 12.0. The maximum absolute atomic E-state index is 13.8. The number of para-hydroxylation sites is 2. The first-order valence-electron chi connectivity index (χ1n) is 22.4. The van der Waals surface area contributed by atoms with Gasteiger partial charge in [-0.25, -0.2) is 28.3 Å². The van der Waals surface area contributed by atoms with Crippen molar-refractivity contribution in [3.8, 4) is 44.5 Å². The van der Waals surface area contributed by atoms with Crippen LogP contribution in [0.15, 0.2) is 182 Å². The van der Waals surface area contributed by atoms with Crippen molar-refractivity contribution < 1.29 is 18.4 Å². The molecule has 0 radical (unpaired) electrons. The summed E-state index contributed by atoms with van der Waals surface area (Å²) >= 11 is 0. The van der Waals surface area contributed by atoms with Gasteiger partial charge in [0.1, 0.15) is 11.6 Å². The zero-order valence-corrected chi connectivity index (χ0v) is 37.1. The van der Waals surface area contributed by atoms with Gasteiger partial charge in [-0.1, -0.05) is 97.1 Å². The Labute approximate surface area is 400 Å². The van der Waals surface area contributed by atoms with Gasteiger partial charge in [-0.05, 0) is 120 Å². The van der Waals surface area contributed by atoms with Gasteiger partial charge in [-0.3, -0.25) is 0 Å². The second-order valence-electron chi connectivity index (χ2n) is 16.5. The molecule has 0 saturated carbocycles. The number of halogens is 2. The van der Waals surface area contributed by atoms with Crippen LogP contribution in [0, 0.1) is 11.6 Å². The van der Waals surface area contributed by atoms with Gasteiger partial charge in [0.25, 0.3) is 0 Å². The minimum Gasteiger partial charge on any atom is -0.354 e. The van der Waals surface area contributed by atoms with Crippen molar-refractivity contribution in [2.75, 3.05) is 21.3 Å². The zero-order valence-electron chi connectivity index (χ0n) is 37.1. The third kappa shape index (κ3) is 8.71. The SMILES string of the molecule is O=C(Nc1ccc(F)cc1)Nc1ccccc1-c1c2nc(c(-c3ccccc3NC(=O)Nc3ccc(F)cc3)c3ccc([nH]3)c(-c3ccccc3)c3nc(c(-c4ccccc4)c4ccc1[nH]4)C=C3)C=C2. The highest BCUT2D eigenvalue weighted by Gasteiger charge is 2.22. The van der Waals surface area contributed by atoms with Crippen LogP contribution in [0.3, 0.4) is 0 Å². The summed E-state index contributed by atoms with van der Waals surface area (Å²) in [5.41, 5.74) is 13.9. The number of benzene rings is 6. The van der Waals surface area contributed by atoms with Gasteiger partial charge < -0.3 is 31.2 Å². The first kappa shape index (κ1) is 42.9. The number of urea groups is 2. The zero-order chi connectivity index (χ0) is 47.6. The molecule has 5 heterocycles. The molecule has 8 bridgehead atoms. The fourth-order valence-electron chi connectivity index (χ4n) is 8.85. The smallest absolute Gasteiger partial charge is 0.323 e. The maximum atomic E-state index is 13.8. The van der Waals surface area contributed by atoms with E-state index in [0.717, 1.165) is 44.7 Å². The molecule has 6 N–H and O–H groups in total. The molecule has 11 rings (SSSR count). The van der Waals surface area contributed by atoms with Crippen LogP contribution in [0.1, 0.15) is 22.8 Å². The van der Waals surface area contributed by atoms with Crippen LogP contribution in [0.25, 0.3) is 90.9 Å². The molecule has 9 aromatic rings. The van der Waals surface area contributed by atoms with E-state index < -0.39 is 23.7 Å². The van der Waals surface area contributed by atoms with E-state index in [9.17, 15) is 18.4 Å². The summed E-state index contributed by atoms with van der Waals surface area (Å²) in [5.74, 6) is -0.831. The molecule has 6 aromatic carbocycles. The molecular formula is C58H40F2N8O2. The highest BCUT2D eigenvalue weighted by molar-refractivity contribution is 6.07. The standard InChI is InChI=1S/C58H40F2N8O2/c59-37-19-23-39(24-20-37)61-57(69)67-43-17-9-7-15-41(43)55-49-31-29-47(64-49)53(35-11-3-1-4-12-35)45-27-28-46(63-45)54(36-13-5-2-6-14-36)48-30-32-50(65-48)56(52-34-33-51(55)66-52)42-16-8-10-18-44(42)68-58(70)62-40-25-21-38(60)22-26-40/h1-34,64-65H,(H2,61,67,69)(H2,62,68,70). The van der Waals surface area contributed by atoms with Gasteiger partial charge in [-0.2, -0.15) is 0 Å².